The Morgan fingerprint density at radius 3 is 2.35 bits per heavy atom. The van der Waals surface area contributed by atoms with Crippen molar-refractivity contribution in [2.24, 2.45) is 0 Å². The number of aromatic amines is 2. The molecule has 0 aliphatic carbocycles. The molecule has 0 unspecified atom stereocenters. The third kappa shape index (κ3) is 2.65. The zero-order valence-corrected chi connectivity index (χ0v) is 11.6. The molecule has 1 heterocycles. The van der Waals surface area contributed by atoms with Crippen LogP contribution in [0.4, 0.5) is 0 Å². The fourth-order valence-corrected chi connectivity index (χ4v) is 2.48. The lowest BCUT2D eigenvalue weighted by Gasteiger charge is -2.08. The van der Waals surface area contributed by atoms with Gasteiger partial charge in [0.05, 0.1) is 0 Å². The Morgan fingerprint density at radius 2 is 1.76 bits per heavy atom. The monoisotopic (exact) mass is 282 g/mol. The molecule has 88 valence electrons. The van der Waals surface area contributed by atoms with Crippen LogP contribution in [0.25, 0.3) is 11.1 Å². The van der Waals surface area contributed by atoms with Gasteiger partial charge < -0.3 is 9.97 Å². The molecule has 2 N–H and O–H groups in total. The lowest BCUT2D eigenvalue weighted by atomic mass is 10.0. The van der Waals surface area contributed by atoms with E-state index in [1.807, 2.05) is 24.3 Å². The first kappa shape index (κ1) is 12.5. The van der Waals surface area contributed by atoms with Gasteiger partial charge in [0.25, 0.3) is 0 Å². The molecule has 0 atom stereocenters. The number of aryl methyl sites for hydroxylation is 1. The molecule has 0 spiro atoms. The number of H-pyrrole nitrogens is 2. The van der Waals surface area contributed by atoms with Crippen LogP contribution in [0.1, 0.15) is 12.6 Å². The molecule has 0 bridgehead atoms. The topological polar surface area (TPSA) is 31.6 Å². The zero-order chi connectivity index (χ0) is 12.4. The minimum atomic E-state index is 0.560. The lowest BCUT2D eigenvalue weighted by Crippen LogP contribution is -1.96. The maximum atomic E-state index is 5.88. The molecule has 17 heavy (non-hydrogen) atoms. The number of hydrogen-bond acceptors (Lipinski definition) is 2. The van der Waals surface area contributed by atoms with E-state index in [4.69, 9.17) is 36.0 Å². The third-order valence-corrected chi connectivity index (χ3v) is 3.27. The molecule has 0 radical (unpaired) electrons. The van der Waals surface area contributed by atoms with E-state index in [1.165, 1.54) is 0 Å². The summed E-state index contributed by atoms with van der Waals surface area (Å²) in [5.41, 5.74) is 3.08. The second kappa shape index (κ2) is 5.12. The van der Waals surface area contributed by atoms with Crippen molar-refractivity contribution in [3.8, 4) is 11.1 Å². The maximum Gasteiger partial charge on any atom is 0.175 e. The van der Waals surface area contributed by atoms with Crippen molar-refractivity contribution in [3.05, 3.63) is 44.4 Å². The molecule has 0 saturated carbocycles. The lowest BCUT2D eigenvalue weighted by molar-refractivity contribution is 0.982. The molecule has 0 aliphatic rings. The van der Waals surface area contributed by atoms with E-state index in [0.717, 1.165) is 23.2 Å². The van der Waals surface area contributed by atoms with Gasteiger partial charge in [-0.3, -0.25) is 0 Å². The van der Waals surface area contributed by atoms with Crippen LogP contribution in [-0.4, -0.2) is 9.97 Å². The van der Waals surface area contributed by atoms with Crippen LogP contribution in [0.15, 0.2) is 24.3 Å². The van der Waals surface area contributed by atoms with E-state index >= 15 is 0 Å². The Morgan fingerprint density at radius 1 is 1.12 bits per heavy atom. The predicted octanol–water partition coefficient (Wildman–Crippen LogP) is 4.68. The standard InChI is InChI=1S/C12H11ClN2S2/c1-2-9-10(11(16)15-12(17)14-9)7-3-5-8(13)6-4-7/h3-6H,2H2,1H3,(H2,14,15,16,17). The van der Waals surface area contributed by atoms with Gasteiger partial charge in [-0.05, 0) is 36.3 Å². The summed E-state index contributed by atoms with van der Waals surface area (Å²) in [5.74, 6) is 0. The van der Waals surface area contributed by atoms with Gasteiger partial charge in [-0.2, -0.15) is 0 Å². The number of rotatable bonds is 2. The SMILES string of the molecule is CCc1[nH]c(=S)[nH]c(=S)c1-c1ccc(Cl)cc1. The van der Waals surface area contributed by atoms with Crippen molar-refractivity contribution in [2.45, 2.75) is 13.3 Å². The Balaban J connectivity index is 2.70. The van der Waals surface area contributed by atoms with Crippen LogP contribution in [0.2, 0.25) is 5.02 Å². The second-order valence-electron chi connectivity index (χ2n) is 3.62. The van der Waals surface area contributed by atoms with Crippen molar-refractivity contribution in [1.29, 1.82) is 0 Å². The molecule has 2 rings (SSSR count). The van der Waals surface area contributed by atoms with E-state index in [-0.39, 0.29) is 0 Å². The molecule has 2 nitrogen and oxygen atoms in total. The van der Waals surface area contributed by atoms with E-state index in [1.54, 1.807) is 0 Å². The first-order chi connectivity index (χ1) is 8.11. The van der Waals surface area contributed by atoms with Gasteiger partial charge in [-0.15, -0.1) is 0 Å². The predicted molar refractivity (Wildman–Crippen MR) is 76.6 cm³/mol. The van der Waals surface area contributed by atoms with E-state index in [9.17, 15) is 0 Å². The highest BCUT2D eigenvalue weighted by molar-refractivity contribution is 7.72. The van der Waals surface area contributed by atoms with Crippen LogP contribution < -0.4 is 0 Å². The highest BCUT2D eigenvalue weighted by Crippen LogP contribution is 2.25. The van der Waals surface area contributed by atoms with Gasteiger partial charge in [-0.1, -0.05) is 42.9 Å². The fraction of sp³-hybridized carbons (Fsp3) is 0.167. The molecule has 0 fully saturated rings. The maximum absolute atomic E-state index is 5.88. The first-order valence-corrected chi connectivity index (χ1v) is 6.42. The van der Waals surface area contributed by atoms with Gasteiger partial charge >= 0.3 is 0 Å². The Labute approximate surface area is 115 Å². The summed E-state index contributed by atoms with van der Waals surface area (Å²) < 4.78 is 1.22. The molecule has 1 aromatic heterocycles. The summed E-state index contributed by atoms with van der Waals surface area (Å²) >= 11 is 16.3. The largest absolute Gasteiger partial charge is 0.335 e. The Bertz CT molecular complexity index is 641. The molecule has 1 aromatic carbocycles. The number of nitrogens with one attached hydrogen (secondary N) is 2. The fourth-order valence-electron chi connectivity index (χ4n) is 1.72. The average Bonchev–Trinajstić information content (AvgIpc) is 2.30. The molecule has 0 aliphatic heterocycles. The molecule has 2 aromatic rings. The summed E-state index contributed by atoms with van der Waals surface area (Å²) in [6, 6.07) is 7.62. The smallest absolute Gasteiger partial charge is 0.175 e. The number of aromatic nitrogens is 2. The minimum Gasteiger partial charge on any atom is -0.335 e. The highest BCUT2D eigenvalue weighted by atomic mass is 35.5. The molecule has 0 saturated heterocycles. The van der Waals surface area contributed by atoms with Crippen LogP contribution >= 0.6 is 36.0 Å². The minimum absolute atomic E-state index is 0.560. The summed E-state index contributed by atoms with van der Waals surface area (Å²) in [5, 5.41) is 0.713. The van der Waals surface area contributed by atoms with Crippen LogP contribution in [0, 0.1) is 9.41 Å². The zero-order valence-electron chi connectivity index (χ0n) is 9.21. The molecular formula is C12H11ClN2S2. The molecule has 5 heteroatoms. The first-order valence-electron chi connectivity index (χ1n) is 5.23. The van der Waals surface area contributed by atoms with Crippen molar-refractivity contribution in [3.63, 3.8) is 0 Å². The van der Waals surface area contributed by atoms with Gasteiger partial charge in [0, 0.05) is 16.3 Å². The summed E-state index contributed by atoms with van der Waals surface area (Å²) in [6.07, 6.45) is 0.847. The quantitative estimate of drug-likeness (QED) is 0.784. The average molecular weight is 283 g/mol. The van der Waals surface area contributed by atoms with Gasteiger partial charge in [0.15, 0.2) is 4.77 Å². The van der Waals surface area contributed by atoms with Crippen molar-refractivity contribution in [1.82, 2.24) is 9.97 Å². The van der Waals surface area contributed by atoms with Gasteiger partial charge in [0.1, 0.15) is 4.64 Å². The van der Waals surface area contributed by atoms with Crippen LogP contribution in [0.5, 0.6) is 0 Å². The number of halogens is 1. The second-order valence-corrected chi connectivity index (χ2v) is 4.88. The van der Waals surface area contributed by atoms with Crippen molar-refractivity contribution < 1.29 is 0 Å². The molecular weight excluding hydrogens is 272 g/mol. The van der Waals surface area contributed by atoms with E-state index in [0.29, 0.717) is 14.4 Å². The van der Waals surface area contributed by atoms with Gasteiger partial charge in [-0.25, -0.2) is 0 Å². The van der Waals surface area contributed by atoms with E-state index < -0.39 is 0 Å². The molecule has 0 amide bonds. The van der Waals surface area contributed by atoms with Crippen molar-refractivity contribution >= 4 is 36.0 Å². The van der Waals surface area contributed by atoms with Gasteiger partial charge in [0.2, 0.25) is 0 Å². The number of benzene rings is 1. The van der Waals surface area contributed by atoms with Crippen LogP contribution in [-0.2, 0) is 6.42 Å². The normalized spacial score (nSPS) is 10.5. The third-order valence-electron chi connectivity index (χ3n) is 2.51. The summed E-state index contributed by atoms with van der Waals surface area (Å²) in [4.78, 5) is 6.11. The van der Waals surface area contributed by atoms with E-state index in [2.05, 4.69) is 16.9 Å². The van der Waals surface area contributed by atoms with Crippen LogP contribution in [0.3, 0.4) is 0 Å². The summed E-state index contributed by atoms with van der Waals surface area (Å²) in [7, 11) is 0. The Hall–Kier alpha value is -0.970. The summed E-state index contributed by atoms with van der Waals surface area (Å²) in [6.45, 7) is 2.06. The highest BCUT2D eigenvalue weighted by Gasteiger charge is 2.07. The Kier molecular flexibility index (Phi) is 3.76. The number of hydrogen-bond donors (Lipinski definition) is 2. The van der Waals surface area contributed by atoms with Crippen molar-refractivity contribution in [2.75, 3.05) is 0 Å².